The lowest BCUT2D eigenvalue weighted by atomic mass is 10.0. The number of nitrogens with one attached hydrogen (secondary N) is 1. The molecule has 0 fully saturated rings. The first kappa shape index (κ1) is 30.3. The summed E-state index contributed by atoms with van der Waals surface area (Å²) in [4.78, 5) is 28.7. The summed E-state index contributed by atoms with van der Waals surface area (Å²) in [5.41, 5.74) is 1.19. The molecule has 0 heterocycles. The lowest BCUT2D eigenvalue weighted by Crippen LogP contribution is -2.53. The van der Waals surface area contributed by atoms with Gasteiger partial charge in [-0.15, -0.1) is 0 Å². The molecule has 0 aliphatic heterocycles. The van der Waals surface area contributed by atoms with Crippen LogP contribution in [-0.4, -0.2) is 51.9 Å². The number of likely N-dealkylation sites (N-methyl/N-ethyl adjacent to an activating group) is 1. The number of carbonyl (C=O) groups is 2. The van der Waals surface area contributed by atoms with Crippen molar-refractivity contribution < 1.29 is 27.1 Å². The van der Waals surface area contributed by atoms with E-state index in [4.69, 9.17) is 4.74 Å². The molecule has 2 amide bonds. The molecule has 42 heavy (non-hydrogen) atoms. The summed E-state index contributed by atoms with van der Waals surface area (Å²) in [5, 5.41) is 2.60. The zero-order chi connectivity index (χ0) is 30.1. The fraction of sp³-hybridized carbons (Fsp3) is 0.188. The van der Waals surface area contributed by atoms with E-state index in [1.54, 1.807) is 36.4 Å². The summed E-state index contributed by atoms with van der Waals surface area (Å²) in [6.07, 6.45) is 0.134. The average Bonchev–Trinajstić information content (AvgIpc) is 3.02. The van der Waals surface area contributed by atoms with Gasteiger partial charge in [-0.25, -0.2) is 12.8 Å². The van der Waals surface area contributed by atoms with Crippen molar-refractivity contribution in [1.29, 1.82) is 0 Å². The topological polar surface area (TPSA) is 96.0 Å². The Hall–Kier alpha value is -4.70. The van der Waals surface area contributed by atoms with Gasteiger partial charge >= 0.3 is 0 Å². The summed E-state index contributed by atoms with van der Waals surface area (Å²) >= 11 is 0. The van der Waals surface area contributed by atoms with E-state index < -0.39 is 40.2 Å². The van der Waals surface area contributed by atoms with Crippen molar-refractivity contribution >= 4 is 27.5 Å². The van der Waals surface area contributed by atoms with E-state index in [0.717, 1.165) is 9.87 Å². The summed E-state index contributed by atoms with van der Waals surface area (Å²) in [6.45, 7) is -0.890. The van der Waals surface area contributed by atoms with E-state index in [-0.39, 0.29) is 29.1 Å². The van der Waals surface area contributed by atoms with Crippen LogP contribution in [0.15, 0.2) is 114 Å². The molecule has 0 saturated carbocycles. The summed E-state index contributed by atoms with van der Waals surface area (Å²) in [5.74, 6) is -1.19. The zero-order valence-corrected chi connectivity index (χ0v) is 24.1. The second kappa shape index (κ2) is 13.8. The molecular weight excluding hydrogens is 557 g/mol. The molecule has 0 aliphatic carbocycles. The van der Waals surface area contributed by atoms with Gasteiger partial charge in [0.2, 0.25) is 11.8 Å². The number of carbonyl (C=O) groups excluding carboxylic acids is 2. The van der Waals surface area contributed by atoms with Crippen LogP contribution in [0.4, 0.5) is 10.1 Å². The lowest BCUT2D eigenvalue weighted by Gasteiger charge is -2.33. The molecule has 4 aromatic carbocycles. The predicted molar refractivity (Wildman–Crippen MR) is 159 cm³/mol. The van der Waals surface area contributed by atoms with Gasteiger partial charge in [0.1, 0.15) is 24.2 Å². The number of hydrogen-bond acceptors (Lipinski definition) is 5. The Morgan fingerprint density at radius 2 is 1.45 bits per heavy atom. The number of anilines is 1. The highest BCUT2D eigenvalue weighted by atomic mass is 32.2. The molecule has 0 spiro atoms. The number of rotatable bonds is 12. The van der Waals surface area contributed by atoms with E-state index in [0.29, 0.717) is 5.75 Å². The number of amides is 2. The van der Waals surface area contributed by atoms with Gasteiger partial charge in [0.15, 0.2) is 0 Å². The number of hydrogen-bond donors (Lipinski definition) is 1. The lowest BCUT2D eigenvalue weighted by molar-refractivity contribution is -0.139. The zero-order valence-electron chi connectivity index (χ0n) is 23.3. The molecule has 0 bridgehead atoms. The van der Waals surface area contributed by atoms with Crippen molar-refractivity contribution in [3.63, 3.8) is 0 Å². The minimum atomic E-state index is -4.22. The number of sulfonamides is 1. The highest BCUT2D eigenvalue weighted by molar-refractivity contribution is 7.92. The number of ether oxygens (including phenoxy) is 1. The van der Waals surface area contributed by atoms with Crippen LogP contribution in [0, 0.1) is 5.82 Å². The third-order valence-electron chi connectivity index (χ3n) is 6.79. The van der Waals surface area contributed by atoms with Gasteiger partial charge in [0, 0.05) is 25.6 Å². The third kappa shape index (κ3) is 7.13. The normalized spacial score (nSPS) is 11.8. The van der Waals surface area contributed by atoms with E-state index in [2.05, 4.69) is 5.32 Å². The van der Waals surface area contributed by atoms with Crippen LogP contribution in [-0.2, 0) is 32.6 Å². The largest absolute Gasteiger partial charge is 0.497 e. The second-order valence-electron chi connectivity index (χ2n) is 9.46. The molecule has 0 radical (unpaired) electrons. The van der Waals surface area contributed by atoms with Crippen molar-refractivity contribution in [1.82, 2.24) is 10.2 Å². The highest BCUT2D eigenvalue weighted by Crippen LogP contribution is 2.27. The van der Waals surface area contributed by atoms with E-state index in [9.17, 15) is 22.4 Å². The van der Waals surface area contributed by atoms with Gasteiger partial charge in [-0.3, -0.25) is 13.9 Å². The molecule has 10 heteroatoms. The summed E-state index contributed by atoms with van der Waals surface area (Å²) in [7, 11) is -1.28. The minimum Gasteiger partial charge on any atom is -0.497 e. The van der Waals surface area contributed by atoms with Crippen LogP contribution in [0.3, 0.4) is 0 Å². The highest BCUT2D eigenvalue weighted by Gasteiger charge is 2.34. The molecule has 1 N–H and O–H groups in total. The van der Waals surface area contributed by atoms with E-state index >= 15 is 0 Å². The molecule has 0 aliphatic rings. The molecule has 4 aromatic rings. The Kier molecular flexibility index (Phi) is 9.93. The standard InChI is InChI=1S/C32H32FN3O5S/c1-34-32(38)30(21-24-11-5-3-6-12-24)35(22-25-13-9-10-16-29(25)33)31(37)23-36(26-17-19-27(41-2)20-18-26)42(39,40)28-14-7-4-8-15-28/h3-20,30H,21-23H2,1-2H3,(H,34,38). The van der Waals surface area contributed by atoms with Crippen molar-refractivity contribution in [3.8, 4) is 5.75 Å². The molecule has 8 nitrogen and oxygen atoms in total. The molecule has 1 unspecified atom stereocenters. The van der Waals surface area contributed by atoms with Gasteiger partial charge in [-0.05, 0) is 48.0 Å². The Bertz CT molecular complexity index is 1600. The average molecular weight is 590 g/mol. The van der Waals surface area contributed by atoms with Crippen molar-refractivity contribution in [2.75, 3.05) is 25.0 Å². The smallest absolute Gasteiger partial charge is 0.264 e. The van der Waals surface area contributed by atoms with Gasteiger partial charge in [-0.1, -0.05) is 66.7 Å². The fourth-order valence-electron chi connectivity index (χ4n) is 4.53. The van der Waals surface area contributed by atoms with E-state index in [1.165, 1.54) is 61.5 Å². The van der Waals surface area contributed by atoms with Gasteiger partial charge < -0.3 is 15.0 Å². The van der Waals surface area contributed by atoms with Crippen LogP contribution in [0.1, 0.15) is 11.1 Å². The van der Waals surface area contributed by atoms with Crippen LogP contribution in [0.2, 0.25) is 0 Å². The fourth-order valence-corrected chi connectivity index (χ4v) is 5.96. The molecule has 4 rings (SSSR count). The third-order valence-corrected chi connectivity index (χ3v) is 8.57. The maximum atomic E-state index is 14.8. The second-order valence-corrected chi connectivity index (χ2v) is 11.3. The maximum absolute atomic E-state index is 14.8. The molecule has 0 aromatic heterocycles. The van der Waals surface area contributed by atoms with Gasteiger partial charge in [0.25, 0.3) is 10.0 Å². The predicted octanol–water partition coefficient (Wildman–Crippen LogP) is 4.42. The first-order chi connectivity index (χ1) is 20.2. The monoisotopic (exact) mass is 589 g/mol. The SMILES string of the molecule is CNC(=O)C(Cc1ccccc1)N(Cc1ccccc1F)C(=O)CN(c1ccc(OC)cc1)S(=O)(=O)c1ccccc1. The number of benzene rings is 4. The maximum Gasteiger partial charge on any atom is 0.264 e. The van der Waals surface area contributed by atoms with Crippen molar-refractivity contribution in [2.24, 2.45) is 0 Å². The number of nitrogens with zero attached hydrogens (tertiary/aromatic N) is 2. The summed E-state index contributed by atoms with van der Waals surface area (Å²) < 4.78 is 48.8. The van der Waals surface area contributed by atoms with Crippen molar-refractivity contribution in [3.05, 3.63) is 126 Å². The van der Waals surface area contributed by atoms with Crippen molar-refractivity contribution in [2.45, 2.75) is 23.9 Å². The number of methoxy groups -OCH3 is 1. The molecule has 0 saturated heterocycles. The van der Waals surface area contributed by atoms with E-state index in [1.807, 2.05) is 30.3 Å². The molecule has 1 atom stereocenters. The van der Waals surface area contributed by atoms with Crippen LogP contribution < -0.4 is 14.4 Å². The Balaban J connectivity index is 1.79. The molecular formula is C32H32FN3O5S. The van der Waals surface area contributed by atoms with Crippen LogP contribution in [0.5, 0.6) is 5.75 Å². The minimum absolute atomic E-state index is 0.0126. The number of halogens is 1. The summed E-state index contributed by atoms with van der Waals surface area (Å²) in [6, 6.07) is 28.0. The van der Waals surface area contributed by atoms with Gasteiger partial charge in [0.05, 0.1) is 17.7 Å². The Labute approximate surface area is 245 Å². The van der Waals surface area contributed by atoms with Crippen LogP contribution in [0.25, 0.3) is 0 Å². The first-order valence-corrected chi connectivity index (χ1v) is 14.7. The Morgan fingerprint density at radius 3 is 2.05 bits per heavy atom. The Morgan fingerprint density at radius 1 is 0.857 bits per heavy atom. The van der Waals surface area contributed by atoms with Crippen LogP contribution >= 0.6 is 0 Å². The first-order valence-electron chi connectivity index (χ1n) is 13.2. The molecule has 218 valence electrons. The van der Waals surface area contributed by atoms with Gasteiger partial charge in [-0.2, -0.15) is 0 Å². The quantitative estimate of drug-likeness (QED) is 0.264.